The van der Waals surface area contributed by atoms with Gasteiger partial charge in [0.05, 0.1) is 20.3 Å². The number of aromatic nitrogens is 2. The molecule has 2 rings (SSSR count). The molecule has 0 atom stereocenters. The van der Waals surface area contributed by atoms with Crippen molar-refractivity contribution in [3.05, 3.63) is 31.1 Å². The molecule has 0 bridgehead atoms. The third-order valence-corrected chi connectivity index (χ3v) is 10.2. The van der Waals surface area contributed by atoms with E-state index < -0.39 is 43.6 Å². The van der Waals surface area contributed by atoms with Crippen LogP contribution in [0.5, 0.6) is 0 Å². The van der Waals surface area contributed by atoms with E-state index >= 15 is 0 Å². The zero-order chi connectivity index (χ0) is 46.8. The van der Waals surface area contributed by atoms with Crippen LogP contribution in [0.1, 0.15) is 156 Å². The number of ketones is 1. The number of hydrogen-bond donors (Lipinski definition) is 0. The largest absolute Gasteiger partial charge is 1.00 e. The van der Waals surface area contributed by atoms with E-state index in [1.54, 1.807) is 0 Å². The van der Waals surface area contributed by atoms with Gasteiger partial charge in [0, 0.05) is 26.0 Å². The Morgan fingerprint density at radius 2 is 0.922 bits per heavy atom. The maximum atomic E-state index is 11.4. The van der Waals surface area contributed by atoms with Gasteiger partial charge in [-0.2, -0.15) is 17.6 Å². The Morgan fingerprint density at radius 1 is 0.625 bits per heavy atom. The minimum absolute atomic E-state index is 0. The van der Waals surface area contributed by atoms with E-state index in [0.29, 0.717) is 0 Å². The van der Waals surface area contributed by atoms with Gasteiger partial charge in [-0.3, -0.25) is 0 Å². The number of Topliss-reactive ketones (excluding diaryl/α,β-unsaturated/α-hetero) is 1. The predicted octanol–water partition coefficient (Wildman–Crippen LogP) is -1.79. The number of rotatable bonds is 26. The number of hydrogen-bond acceptors (Lipinski definition) is 9. The molecule has 0 fully saturated rings. The molecule has 0 aliphatic carbocycles. The quantitative estimate of drug-likeness (QED) is 0.0346. The SMILES string of the molecule is CC(C)=O.CCCCCCCCCCCCN1C=CN(C)C1.CCCCCCCCCCCCn1cc[n+](C)c1.O=S(=O)([O-])C(F)(F)C(F)F.O=S(=O)([O-])C(F)(F)C(F)F.[Cl-].[Cl-].[K+].[K+]. The number of alkyl halides is 8. The maximum absolute atomic E-state index is 11.4. The van der Waals surface area contributed by atoms with Crippen molar-refractivity contribution >= 4 is 26.0 Å². The predicted molar refractivity (Wildman–Crippen MR) is 215 cm³/mol. The first-order chi connectivity index (χ1) is 27.8. The Hall–Kier alpha value is 1.33. The summed E-state index contributed by atoms with van der Waals surface area (Å²) in [4.78, 5) is 14.1. The number of unbranched alkanes of at least 4 members (excludes halogenated alkanes) is 18. The van der Waals surface area contributed by atoms with Crippen LogP contribution in [-0.4, -0.2) is 89.7 Å². The molecule has 64 heavy (non-hydrogen) atoms. The summed E-state index contributed by atoms with van der Waals surface area (Å²) < 4.78 is 150. The molecule has 0 aromatic carbocycles. The molecular formula is C39H71Cl2F8K2N4O7S2-. The molecule has 0 saturated heterocycles. The molecule has 25 heteroatoms. The van der Waals surface area contributed by atoms with Crippen LogP contribution in [0.25, 0.3) is 0 Å². The average molecular weight is 1070 g/mol. The monoisotopic (exact) mass is 1070 g/mol. The van der Waals surface area contributed by atoms with Gasteiger partial charge in [-0.05, 0) is 33.1 Å². The summed E-state index contributed by atoms with van der Waals surface area (Å²) in [6.45, 7) is 11.1. The number of nitrogens with zero attached hydrogens (tertiary/aromatic N) is 4. The van der Waals surface area contributed by atoms with Gasteiger partial charge in [-0.25, -0.2) is 43.5 Å². The van der Waals surface area contributed by atoms with Crippen molar-refractivity contribution < 1.29 is 198 Å². The van der Waals surface area contributed by atoms with Gasteiger partial charge < -0.3 is 48.5 Å². The van der Waals surface area contributed by atoms with E-state index in [9.17, 15) is 65.9 Å². The molecule has 0 amide bonds. The first kappa shape index (κ1) is 79.5. The van der Waals surface area contributed by atoms with Crippen LogP contribution in [0.3, 0.4) is 0 Å². The summed E-state index contributed by atoms with van der Waals surface area (Å²) in [6.07, 6.45) is 30.2. The fourth-order valence-corrected chi connectivity index (χ4v) is 5.61. The van der Waals surface area contributed by atoms with Gasteiger partial charge in [0.1, 0.15) is 18.2 Å². The Labute approximate surface area is 476 Å². The molecule has 374 valence electrons. The first-order valence-corrected chi connectivity index (χ1v) is 23.4. The second-order valence-corrected chi connectivity index (χ2v) is 17.6. The summed E-state index contributed by atoms with van der Waals surface area (Å²) in [7, 11) is -8.26. The molecular weight excluding hydrogens is 1000 g/mol. The van der Waals surface area contributed by atoms with Crippen LogP contribution in [0, 0.1) is 0 Å². The zero-order valence-electron chi connectivity index (χ0n) is 39.0. The van der Waals surface area contributed by atoms with Crippen LogP contribution in [0.4, 0.5) is 35.1 Å². The Bertz CT molecular complexity index is 1430. The van der Waals surface area contributed by atoms with Crippen molar-refractivity contribution in [2.24, 2.45) is 7.05 Å². The molecule has 1 aromatic heterocycles. The van der Waals surface area contributed by atoms with E-state index in [-0.39, 0.29) is 133 Å². The fraction of sp³-hybridized carbons (Fsp3) is 0.846. The summed E-state index contributed by atoms with van der Waals surface area (Å²) in [6, 6.07) is 0. The van der Waals surface area contributed by atoms with E-state index in [1.807, 2.05) is 0 Å². The molecule has 0 saturated carbocycles. The minimum atomic E-state index is -6.23. The molecule has 0 spiro atoms. The molecule has 1 aliphatic rings. The number of halogens is 10. The number of aryl methyl sites for hydroxylation is 2. The molecule has 1 aromatic rings. The van der Waals surface area contributed by atoms with Crippen LogP contribution < -0.4 is 132 Å². The normalized spacial score (nSPS) is 12.1. The van der Waals surface area contributed by atoms with Gasteiger partial charge in [0.2, 0.25) is 6.33 Å². The fourth-order valence-electron chi connectivity index (χ4n) is 5.17. The summed E-state index contributed by atoms with van der Waals surface area (Å²) in [5.41, 5.74) is 0. The van der Waals surface area contributed by atoms with Crippen LogP contribution in [0.2, 0.25) is 0 Å². The van der Waals surface area contributed by atoms with Crippen LogP contribution in [0.15, 0.2) is 31.1 Å². The Balaban J connectivity index is -0.000000133. The summed E-state index contributed by atoms with van der Waals surface area (Å²) in [5.74, 6) is 0.167. The Morgan fingerprint density at radius 3 is 1.14 bits per heavy atom. The van der Waals surface area contributed by atoms with Gasteiger partial charge in [-0.1, -0.05) is 123 Å². The third kappa shape index (κ3) is 45.8. The van der Waals surface area contributed by atoms with Crippen molar-refractivity contribution in [1.82, 2.24) is 14.4 Å². The number of imidazole rings is 1. The summed E-state index contributed by atoms with van der Waals surface area (Å²) >= 11 is 0. The third-order valence-electron chi connectivity index (χ3n) is 8.50. The van der Waals surface area contributed by atoms with Crippen molar-refractivity contribution in [2.45, 2.75) is 186 Å². The molecule has 0 N–H and O–H groups in total. The van der Waals surface area contributed by atoms with Gasteiger partial charge in [-0.15, -0.1) is 0 Å². The van der Waals surface area contributed by atoms with Crippen molar-refractivity contribution in [1.29, 1.82) is 0 Å². The molecule has 2 heterocycles. The van der Waals surface area contributed by atoms with Crippen LogP contribution >= 0.6 is 0 Å². The second-order valence-electron chi connectivity index (χ2n) is 14.7. The summed E-state index contributed by atoms with van der Waals surface area (Å²) in [5, 5.41) is -11.0. The molecule has 1 aliphatic heterocycles. The molecule has 0 radical (unpaired) electrons. The smallest absolute Gasteiger partial charge is 1.00 e. The molecule has 11 nitrogen and oxygen atoms in total. The van der Waals surface area contributed by atoms with Gasteiger partial charge >= 0.3 is 126 Å². The topological polar surface area (TPSA) is 147 Å². The minimum Gasteiger partial charge on any atom is -1.00 e. The second kappa shape index (κ2) is 46.7. The van der Waals surface area contributed by atoms with Crippen LogP contribution in [-0.2, 0) is 38.6 Å². The maximum Gasteiger partial charge on any atom is 1.00 e. The standard InChI is InChI=1S/C16H32N2.C16H31N2.C3H6O.2C2H2F4O3S.2ClH.2K/c2*1-3-4-5-6-7-8-9-10-11-12-13-18-15-14-17(2)16-18;1-3(2)4;2*3-1(4)2(5,6)10(7,8)9;;;;/h14-15H,3-13,16H2,1-2H3;14-16H,3-13H2,1-2H3;1-2H3;2*1H,(H,7,8,9);2*1H;;/q;+1;;;;;;2*+1/p-4. The van der Waals surface area contributed by atoms with Crippen molar-refractivity contribution in [3.8, 4) is 0 Å². The van der Waals surface area contributed by atoms with E-state index in [4.69, 9.17) is 0 Å². The zero-order valence-corrected chi connectivity index (χ0v) is 48.4. The van der Waals surface area contributed by atoms with E-state index in [1.165, 1.54) is 155 Å². The van der Waals surface area contributed by atoms with Crippen molar-refractivity contribution in [3.63, 3.8) is 0 Å². The average Bonchev–Trinajstić information content (AvgIpc) is 3.76. The number of carbonyl (C=O) groups excluding carboxylic acids is 1. The van der Waals surface area contributed by atoms with E-state index in [0.717, 1.165) is 6.67 Å². The van der Waals surface area contributed by atoms with Crippen molar-refractivity contribution in [2.75, 3.05) is 20.3 Å². The van der Waals surface area contributed by atoms with E-state index in [2.05, 4.69) is 78.0 Å². The van der Waals surface area contributed by atoms with Gasteiger partial charge in [0.15, 0.2) is 20.2 Å². The van der Waals surface area contributed by atoms with Gasteiger partial charge in [0.25, 0.3) is 0 Å². The first-order valence-electron chi connectivity index (χ1n) is 20.6. The Kier molecular flexibility index (Phi) is 58.0. The number of carbonyl (C=O) groups is 1. The molecule has 0 unspecified atom stereocenters.